The third kappa shape index (κ3) is 10.7. The first-order valence-corrected chi connectivity index (χ1v) is 12.1. The van der Waals surface area contributed by atoms with Crippen molar-refractivity contribution in [1.82, 2.24) is 0 Å². The molecule has 0 saturated carbocycles. The van der Waals surface area contributed by atoms with Crippen LogP contribution in [0.1, 0.15) is 66.2 Å². The highest BCUT2D eigenvalue weighted by Crippen LogP contribution is 2.37. The minimum Gasteiger partial charge on any atom is -0.400 e. The van der Waals surface area contributed by atoms with Gasteiger partial charge < -0.3 is 9.53 Å². The maximum absolute atomic E-state index is 8.71. The molecule has 1 N–H and O–H groups in total. The van der Waals surface area contributed by atoms with Crippen molar-refractivity contribution in [3.05, 3.63) is 12.2 Å². The fourth-order valence-corrected chi connectivity index (χ4v) is 3.01. The average Bonchev–Trinajstić information content (AvgIpc) is 2.49. The lowest BCUT2D eigenvalue weighted by molar-refractivity contribution is 0.275. The molecule has 0 aromatic heterocycles. The Morgan fingerprint density at radius 1 is 1.08 bits per heavy atom. The van der Waals surface area contributed by atoms with Gasteiger partial charge in [-0.2, -0.15) is 0 Å². The summed E-state index contributed by atoms with van der Waals surface area (Å²) in [6, 6.07) is 0. The molecule has 0 unspecified atom stereocenters. The second-order valence-electron chi connectivity index (χ2n) is 7.66. The van der Waals surface area contributed by atoms with Gasteiger partial charge in [0.25, 0.3) is 0 Å². The second kappa shape index (κ2) is 12.4. The molecule has 1 atom stereocenters. The molecule has 0 heterocycles. The van der Waals surface area contributed by atoms with Gasteiger partial charge in [0, 0.05) is 0 Å². The van der Waals surface area contributed by atoms with Crippen molar-refractivity contribution >= 4 is 8.32 Å². The molecular formula is C21H36O2Si. The van der Waals surface area contributed by atoms with Crippen LogP contribution >= 0.6 is 0 Å². The Bertz CT molecular complexity index is 478. The molecule has 0 saturated heterocycles. The van der Waals surface area contributed by atoms with Gasteiger partial charge in [-0.1, -0.05) is 71.3 Å². The predicted octanol–water partition coefficient (Wildman–Crippen LogP) is 5.29. The Morgan fingerprint density at radius 3 is 2.33 bits per heavy atom. The molecule has 0 aromatic carbocycles. The molecule has 0 aromatic rings. The van der Waals surface area contributed by atoms with Gasteiger partial charge in [-0.25, -0.2) is 0 Å². The fourth-order valence-electron chi connectivity index (χ4n) is 1.89. The molecule has 0 spiro atoms. The minimum atomic E-state index is -1.87. The molecule has 0 amide bonds. The van der Waals surface area contributed by atoms with Crippen LogP contribution in [0.4, 0.5) is 0 Å². The van der Waals surface area contributed by atoms with E-state index in [2.05, 4.69) is 76.6 Å². The highest BCUT2D eigenvalue weighted by Gasteiger charge is 2.38. The zero-order valence-corrected chi connectivity index (χ0v) is 17.5. The highest BCUT2D eigenvalue weighted by molar-refractivity contribution is 6.74. The summed E-state index contributed by atoms with van der Waals surface area (Å²) in [5, 5.41) is 8.86. The number of aliphatic hydroxyl groups is 1. The van der Waals surface area contributed by atoms with Gasteiger partial charge in [0.1, 0.15) is 12.7 Å². The lowest BCUT2D eigenvalue weighted by atomic mass is 10.1. The van der Waals surface area contributed by atoms with Crippen molar-refractivity contribution in [2.75, 3.05) is 6.61 Å². The molecule has 136 valence electrons. The van der Waals surface area contributed by atoms with E-state index in [1.165, 1.54) is 32.1 Å². The first kappa shape index (κ1) is 23.0. The van der Waals surface area contributed by atoms with Crippen LogP contribution in [0, 0.1) is 23.7 Å². The van der Waals surface area contributed by atoms with E-state index in [4.69, 9.17) is 9.53 Å². The van der Waals surface area contributed by atoms with Crippen LogP contribution in [-0.2, 0) is 4.43 Å². The van der Waals surface area contributed by atoms with E-state index in [0.717, 1.165) is 6.42 Å². The van der Waals surface area contributed by atoms with Crippen molar-refractivity contribution in [2.24, 2.45) is 0 Å². The summed E-state index contributed by atoms with van der Waals surface area (Å²) in [7, 11) is -1.87. The van der Waals surface area contributed by atoms with Crippen molar-refractivity contribution in [1.29, 1.82) is 0 Å². The van der Waals surface area contributed by atoms with E-state index in [1.54, 1.807) is 0 Å². The van der Waals surface area contributed by atoms with Crippen molar-refractivity contribution in [3.63, 3.8) is 0 Å². The summed E-state index contributed by atoms with van der Waals surface area (Å²) in [4.78, 5) is 0. The summed E-state index contributed by atoms with van der Waals surface area (Å²) < 4.78 is 6.38. The first-order chi connectivity index (χ1) is 11.2. The van der Waals surface area contributed by atoms with Crippen LogP contribution in [0.15, 0.2) is 12.2 Å². The molecule has 0 aliphatic rings. The van der Waals surface area contributed by atoms with Crippen molar-refractivity contribution in [2.45, 2.75) is 90.5 Å². The monoisotopic (exact) mass is 348 g/mol. The summed E-state index contributed by atoms with van der Waals surface area (Å²) in [6.07, 6.45) is 11.6. The summed E-state index contributed by atoms with van der Waals surface area (Å²) >= 11 is 0. The number of unbranched alkanes of at least 4 members (excludes halogenated alkanes) is 5. The third-order valence-corrected chi connectivity index (χ3v) is 8.91. The molecule has 0 bridgehead atoms. The summed E-state index contributed by atoms with van der Waals surface area (Å²) in [6.45, 7) is 13.2. The van der Waals surface area contributed by atoms with Crippen LogP contribution in [0.25, 0.3) is 0 Å². The van der Waals surface area contributed by atoms with Crippen LogP contribution in [0.2, 0.25) is 18.1 Å². The zero-order chi connectivity index (χ0) is 18.5. The van der Waals surface area contributed by atoms with E-state index >= 15 is 0 Å². The van der Waals surface area contributed by atoms with Crippen LogP contribution in [0.5, 0.6) is 0 Å². The van der Waals surface area contributed by atoms with E-state index < -0.39 is 8.32 Å². The predicted molar refractivity (Wildman–Crippen MR) is 107 cm³/mol. The largest absolute Gasteiger partial charge is 0.400 e. The van der Waals surface area contributed by atoms with Gasteiger partial charge in [-0.15, -0.1) is 0 Å². The Balaban J connectivity index is 4.73. The van der Waals surface area contributed by atoms with Crippen LogP contribution < -0.4 is 0 Å². The molecule has 2 nitrogen and oxygen atoms in total. The Labute approximate surface area is 151 Å². The van der Waals surface area contributed by atoms with E-state index in [9.17, 15) is 0 Å². The Kier molecular flexibility index (Phi) is 11.9. The maximum atomic E-state index is 8.71. The fraction of sp³-hybridized carbons (Fsp3) is 0.714. The maximum Gasteiger partial charge on any atom is 0.194 e. The normalized spacial score (nSPS) is 13.1. The third-order valence-electron chi connectivity index (χ3n) is 4.46. The lowest BCUT2D eigenvalue weighted by Crippen LogP contribution is -2.43. The average molecular weight is 349 g/mol. The molecule has 0 rings (SSSR count). The number of rotatable bonds is 9. The van der Waals surface area contributed by atoms with Gasteiger partial charge in [0.15, 0.2) is 8.32 Å². The highest BCUT2D eigenvalue weighted by atomic mass is 28.4. The molecular weight excluding hydrogens is 312 g/mol. The van der Waals surface area contributed by atoms with Crippen LogP contribution in [0.3, 0.4) is 0 Å². The smallest absolute Gasteiger partial charge is 0.194 e. The molecule has 0 aliphatic carbocycles. The number of hydrogen-bond donors (Lipinski definition) is 1. The zero-order valence-electron chi connectivity index (χ0n) is 16.5. The van der Waals surface area contributed by atoms with E-state index in [1.807, 2.05) is 0 Å². The number of hydrogen-bond acceptors (Lipinski definition) is 2. The SMILES string of the molecule is CCCCCCC/C=C\[C@@H](C#CC#CCO)O[Si](C)(C)C(C)(C)C. The van der Waals surface area contributed by atoms with Crippen LogP contribution in [-0.4, -0.2) is 26.1 Å². The molecule has 3 heteroatoms. The Morgan fingerprint density at radius 2 is 1.75 bits per heavy atom. The molecule has 24 heavy (non-hydrogen) atoms. The van der Waals surface area contributed by atoms with Crippen molar-refractivity contribution < 1.29 is 9.53 Å². The van der Waals surface area contributed by atoms with Gasteiger partial charge in [0.05, 0.1) is 0 Å². The first-order valence-electron chi connectivity index (χ1n) is 9.18. The molecule has 0 fully saturated rings. The minimum absolute atomic E-state index is 0.150. The van der Waals surface area contributed by atoms with Gasteiger partial charge in [-0.3, -0.25) is 0 Å². The number of aliphatic hydroxyl groups excluding tert-OH is 1. The van der Waals surface area contributed by atoms with Crippen molar-refractivity contribution in [3.8, 4) is 23.7 Å². The van der Waals surface area contributed by atoms with E-state index in [0.29, 0.717) is 0 Å². The summed E-state index contributed by atoms with van der Waals surface area (Å²) in [5.41, 5.74) is 0. The van der Waals surface area contributed by atoms with Gasteiger partial charge in [0.2, 0.25) is 0 Å². The standard InChI is InChI=1S/C21H36O2Si/c1-7-8-9-10-11-12-14-17-20(18-15-13-16-19-22)23-24(5,6)21(2,3)4/h14,17,20,22H,7-12,19H2,1-6H3/b17-14-/t20-/m0/s1. The van der Waals surface area contributed by atoms with E-state index in [-0.39, 0.29) is 17.7 Å². The second-order valence-corrected chi connectivity index (χ2v) is 12.4. The summed E-state index contributed by atoms with van der Waals surface area (Å²) in [5.74, 6) is 11.1. The lowest BCUT2D eigenvalue weighted by Gasteiger charge is -2.37. The molecule has 0 aliphatic heterocycles. The quantitative estimate of drug-likeness (QED) is 0.265. The van der Waals surface area contributed by atoms with Gasteiger partial charge in [-0.05, 0) is 48.9 Å². The van der Waals surface area contributed by atoms with Gasteiger partial charge >= 0.3 is 0 Å². The number of allylic oxidation sites excluding steroid dienone is 1. The topological polar surface area (TPSA) is 29.5 Å². The molecule has 0 radical (unpaired) electrons. The Hall–Kier alpha value is -1.00.